The van der Waals surface area contributed by atoms with Crippen molar-refractivity contribution in [1.82, 2.24) is 4.98 Å². The van der Waals surface area contributed by atoms with E-state index >= 15 is 0 Å². The van der Waals surface area contributed by atoms with E-state index in [1.165, 1.54) is 11.1 Å². The van der Waals surface area contributed by atoms with E-state index in [1.54, 1.807) is 17.2 Å². The molecule has 2 aromatic carbocycles. The van der Waals surface area contributed by atoms with Crippen LogP contribution in [-0.4, -0.2) is 10.9 Å². The highest BCUT2D eigenvalue weighted by molar-refractivity contribution is 6.11. The van der Waals surface area contributed by atoms with Crippen LogP contribution in [0, 0.1) is 13.8 Å². The van der Waals surface area contributed by atoms with E-state index in [-0.39, 0.29) is 12.1 Å². The molecule has 0 radical (unpaired) electrons. The molecule has 0 saturated heterocycles. The first kappa shape index (κ1) is 15.4. The largest absolute Gasteiger partial charge is 0.360 e. The van der Waals surface area contributed by atoms with Crippen LogP contribution >= 0.6 is 0 Å². The van der Waals surface area contributed by atoms with Gasteiger partial charge in [0.25, 0.3) is 5.91 Å². The van der Waals surface area contributed by atoms with Crippen LogP contribution in [0.3, 0.4) is 0 Å². The first-order chi connectivity index (χ1) is 12.1. The fourth-order valence-corrected chi connectivity index (χ4v) is 3.16. The summed E-state index contributed by atoms with van der Waals surface area (Å²) in [5.41, 5.74) is 5.68. The molecule has 1 aromatic heterocycles. The van der Waals surface area contributed by atoms with Crippen LogP contribution in [0.1, 0.15) is 33.3 Å². The summed E-state index contributed by atoms with van der Waals surface area (Å²) < 4.78 is 0. The average Bonchev–Trinajstić information content (AvgIpc) is 2.91. The van der Waals surface area contributed by atoms with Crippen molar-refractivity contribution in [3.63, 3.8) is 0 Å². The summed E-state index contributed by atoms with van der Waals surface area (Å²) in [4.78, 5) is 19.2. The number of anilines is 2. The molecule has 25 heavy (non-hydrogen) atoms. The van der Waals surface area contributed by atoms with Gasteiger partial charge in [0.05, 0.1) is 11.3 Å². The molecule has 1 N–H and O–H groups in total. The van der Waals surface area contributed by atoms with E-state index < -0.39 is 0 Å². The second-order valence-corrected chi connectivity index (χ2v) is 6.29. The topological polar surface area (TPSA) is 45.2 Å². The molecule has 1 atom stereocenters. The van der Waals surface area contributed by atoms with Crippen LogP contribution in [0.25, 0.3) is 0 Å². The highest BCUT2D eigenvalue weighted by Crippen LogP contribution is 2.36. The van der Waals surface area contributed by atoms with Crippen molar-refractivity contribution in [1.29, 1.82) is 0 Å². The van der Waals surface area contributed by atoms with Crippen molar-refractivity contribution in [2.75, 3.05) is 10.2 Å². The van der Waals surface area contributed by atoms with Gasteiger partial charge in [-0.1, -0.05) is 24.3 Å². The second-order valence-electron chi connectivity index (χ2n) is 6.29. The van der Waals surface area contributed by atoms with Gasteiger partial charge in [-0.3, -0.25) is 14.7 Å². The molecule has 0 bridgehead atoms. The molecule has 1 amide bonds. The lowest BCUT2D eigenvalue weighted by Crippen LogP contribution is -2.32. The van der Waals surface area contributed by atoms with E-state index in [4.69, 9.17) is 0 Å². The summed E-state index contributed by atoms with van der Waals surface area (Å²) in [7, 11) is 0. The Kier molecular flexibility index (Phi) is 3.73. The Hall–Kier alpha value is -3.14. The van der Waals surface area contributed by atoms with Gasteiger partial charge in [0.1, 0.15) is 0 Å². The summed E-state index contributed by atoms with van der Waals surface area (Å²) in [6.07, 6.45) is 1.41. The van der Waals surface area contributed by atoms with Gasteiger partial charge < -0.3 is 5.32 Å². The van der Waals surface area contributed by atoms with E-state index in [0.717, 1.165) is 17.1 Å². The second kappa shape index (κ2) is 6.06. The van der Waals surface area contributed by atoms with Crippen LogP contribution in [0.4, 0.5) is 11.4 Å². The molecular formula is C21H19N3O. The summed E-state index contributed by atoms with van der Waals surface area (Å²) in [5.74, 6) is -0.0318. The predicted molar refractivity (Wildman–Crippen MR) is 99.8 cm³/mol. The number of fused-ring (bicyclic) bond motifs is 1. The number of para-hydroxylation sites is 1. The molecule has 0 saturated carbocycles. The van der Waals surface area contributed by atoms with E-state index in [2.05, 4.69) is 36.3 Å². The molecule has 124 valence electrons. The number of carbonyl (C=O) groups is 1. The van der Waals surface area contributed by atoms with Crippen molar-refractivity contribution < 1.29 is 4.79 Å². The smallest absolute Gasteiger partial charge is 0.262 e. The maximum atomic E-state index is 13.0. The molecular weight excluding hydrogens is 310 g/mol. The molecule has 0 fully saturated rings. The molecule has 0 unspecified atom stereocenters. The van der Waals surface area contributed by atoms with Crippen LogP contribution in [-0.2, 0) is 0 Å². The summed E-state index contributed by atoms with van der Waals surface area (Å²) in [5, 5.41) is 3.49. The number of hydrogen-bond donors (Lipinski definition) is 1. The minimum absolute atomic E-state index is 0.0318. The Morgan fingerprint density at radius 3 is 2.52 bits per heavy atom. The Morgan fingerprint density at radius 1 is 0.960 bits per heavy atom. The Bertz CT molecular complexity index is 937. The first-order valence-corrected chi connectivity index (χ1v) is 8.32. The zero-order chi connectivity index (χ0) is 17.4. The molecule has 0 aliphatic carbocycles. The number of aromatic nitrogens is 1. The molecule has 3 aromatic rings. The minimum Gasteiger partial charge on any atom is -0.360 e. The van der Waals surface area contributed by atoms with Gasteiger partial charge in [-0.05, 0) is 61.4 Å². The maximum Gasteiger partial charge on any atom is 0.262 e. The third kappa shape index (κ3) is 2.66. The van der Waals surface area contributed by atoms with Gasteiger partial charge in [-0.25, -0.2) is 0 Å². The zero-order valence-corrected chi connectivity index (χ0v) is 14.2. The van der Waals surface area contributed by atoms with Crippen LogP contribution in [0.15, 0.2) is 66.9 Å². The van der Waals surface area contributed by atoms with Gasteiger partial charge in [0, 0.05) is 17.6 Å². The van der Waals surface area contributed by atoms with Gasteiger partial charge in [-0.2, -0.15) is 0 Å². The van der Waals surface area contributed by atoms with Gasteiger partial charge in [0.2, 0.25) is 0 Å². The number of carbonyl (C=O) groups excluding carboxylic acids is 1. The highest BCUT2D eigenvalue weighted by Gasteiger charge is 2.38. The first-order valence-electron chi connectivity index (χ1n) is 8.32. The molecule has 1 aliphatic rings. The quantitative estimate of drug-likeness (QED) is 0.771. The van der Waals surface area contributed by atoms with Crippen molar-refractivity contribution in [2.45, 2.75) is 20.0 Å². The Morgan fingerprint density at radius 2 is 1.76 bits per heavy atom. The summed E-state index contributed by atoms with van der Waals surface area (Å²) >= 11 is 0. The molecule has 2 heterocycles. The lowest BCUT2D eigenvalue weighted by molar-refractivity contribution is 0.0993. The molecule has 4 nitrogen and oxygen atoms in total. The van der Waals surface area contributed by atoms with Crippen molar-refractivity contribution in [2.24, 2.45) is 0 Å². The number of pyridine rings is 1. The summed E-state index contributed by atoms with van der Waals surface area (Å²) in [6, 6.07) is 19.6. The monoisotopic (exact) mass is 329 g/mol. The third-order valence-corrected chi connectivity index (χ3v) is 4.65. The van der Waals surface area contributed by atoms with E-state index in [9.17, 15) is 4.79 Å². The maximum absolute atomic E-state index is 13.0. The number of nitrogens with zero attached hydrogens (tertiary/aromatic N) is 2. The Balaban J connectivity index is 1.78. The zero-order valence-electron chi connectivity index (χ0n) is 14.2. The van der Waals surface area contributed by atoms with Crippen LogP contribution in [0.5, 0.6) is 0 Å². The number of rotatable bonds is 3. The van der Waals surface area contributed by atoms with Gasteiger partial charge in [-0.15, -0.1) is 0 Å². The standard InChI is InChI=1S/C21H19N3O/c1-14-10-11-16(13-15(14)2)23-20-19-18(9-6-12-22-19)21(25)24(20)17-7-4-3-5-8-17/h3-13,20,23H,1-2H3/t20-/m0/s1. The fraction of sp³-hybridized carbons (Fsp3) is 0.143. The summed E-state index contributed by atoms with van der Waals surface area (Å²) in [6.45, 7) is 4.17. The normalized spacial score (nSPS) is 16.0. The number of nitrogens with one attached hydrogen (secondary N) is 1. The average molecular weight is 329 g/mol. The molecule has 4 heteroatoms. The predicted octanol–water partition coefficient (Wildman–Crippen LogP) is 4.47. The molecule has 4 rings (SSSR count). The van der Waals surface area contributed by atoms with Gasteiger partial charge in [0.15, 0.2) is 6.17 Å². The molecule has 1 aliphatic heterocycles. The van der Waals surface area contributed by atoms with Crippen LogP contribution in [0.2, 0.25) is 0 Å². The van der Waals surface area contributed by atoms with Crippen LogP contribution < -0.4 is 10.2 Å². The highest BCUT2D eigenvalue weighted by atomic mass is 16.2. The minimum atomic E-state index is -0.326. The Labute approximate surface area is 147 Å². The van der Waals surface area contributed by atoms with Gasteiger partial charge >= 0.3 is 0 Å². The fourth-order valence-electron chi connectivity index (χ4n) is 3.16. The number of benzene rings is 2. The number of aryl methyl sites for hydroxylation is 2. The lowest BCUT2D eigenvalue weighted by Gasteiger charge is -2.26. The van der Waals surface area contributed by atoms with E-state index in [1.807, 2.05) is 42.5 Å². The SMILES string of the molecule is Cc1ccc(N[C@@H]2c3ncccc3C(=O)N2c2ccccc2)cc1C. The number of amides is 1. The number of hydrogen-bond acceptors (Lipinski definition) is 3. The van der Waals surface area contributed by atoms with Crippen molar-refractivity contribution >= 4 is 17.3 Å². The lowest BCUT2D eigenvalue weighted by atomic mass is 10.1. The third-order valence-electron chi connectivity index (χ3n) is 4.65. The molecule has 0 spiro atoms. The van der Waals surface area contributed by atoms with Crippen molar-refractivity contribution in [3.05, 3.63) is 89.2 Å². The van der Waals surface area contributed by atoms with E-state index in [0.29, 0.717) is 5.56 Å². The van der Waals surface area contributed by atoms with Crippen molar-refractivity contribution in [3.8, 4) is 0 Å².